The van der Waals surface area contributed by atoms with Crippen LogP contribution in [0.25, 0.3) is 0 Å². The van der Waals surface area contributed by atoms with E-state index in [4.69, 9.17) is 11.6 Å². The quantitative estimate of drug-likeness (QED) is 0.900. The number of anilines is 1. The van der Waals surface area contributed by atoms with Crippen LogP contribution in [-0.2, 0) is 9.84 Å². The predicted octanol–water partition coefficient (Wildman–Crippen LogP) is 2.81. The van der Waals surface area contributed by atoms with Gasteiger partial charge in [0.05, 0.1) is 10.7 Å². The molecule has 1 aliphatic carbocycles. The predicted molar refractivity (Wildman–Crippen MR) is 79.0 cm³/mol. The number of carbonyl (C=O) groups is 1. The maximum atomic E-state index is 11.9. The molecule has 0 spiro atoms. The summed E-state index contributed by atoms with van der Waals surface area (Å²) in [6.07, 6.45) is 5.20. The summed E-state index contributed by atoms with van der Waals surface area (Å²) in [6.45, 7) is 0. The number of hydrogen-bond donors (Lipinski definition) is 2. The molecule has 0 radical (unpaired) electrons. The first-order valence-corrected chi connectivity index (χ1v) is 8.71. The summed E-state index contributed by atoms with van der Waals surface area (Å²) in [4.78, 5) is 11.8. The molecule has 20 heavy (non-hydrogen) atoms. The van der Waals surface area contributed by atoms with Gasteiger partial charge in [-0.1, -0.05) is 30.5 Å². The largest absolute Gasteiger partial charge is 0.335 e. The molecule has 1 aromatic rings. The van der Waals surface area contributed by atoms with Crippen molar-refractivity contribution in [2.24, 2.45) is 0 Å². The summed E-state index contributed by atoms with van der Waals surface area (Å²) in [7, 11) is -3.51. The van der Waals surface area contributed by atoms with E-state index in [0.29, 0.717) is 0 Å². The first kappa shape index (κ1) is 15.1. The second-order valence-electron chi connectivity index (χ2n) is 4.97. The first-order chi connectivity index (χ1) is 9.38. The van der Waals surface area contributed by atoms with Crippen molar-refractivity contribution >= 4 is 33.2 Å². The molecule has 7 heteroatoms. The third-order valence-electron chi connectivity index (χ3n) is 3.28. The molecule has 1 saturated carbocycles. The van der Waals surface area contributed by atoms with Crippen molar-refractivity contribution in [3.63, 3.8) is 0 Å². The number of amides is 2. The van der Waals surface area contributed by atoms with Gasteiger partial charge in [-0.2, -0.15) is 0 Å². The highest BCUT2D eigenvalue weighted by molar-refractivity contribution is 7.91. The summed E-state index contributed by atoms with van der Waals surface area (Å²) in [6, 6.07) is 4.37. The molecule has 5 nitrogen and oxygen atoms in total. The Kier molecular flexibility index (Phi) is 4.55. The molecule has 1 fully saturated rings. The molecule has 110 valence electrons. The Morgan fingerprint density at radius 1 is 1.30 bits per heavy atom. The van der Waals surface area contributed by atoms with Crippen LogP contribution < -0.4 is 10.6 Å². The van der Waals surface area contributed by atoms with E-state index in [1.807, 2.05) is 0 Å². The van der Waals surface area contributed by atoms with Crippen molar-refractivity contribution in [3.8, 4) is 0 Å². The minimum absolute atomic E-state index is 0.0526. The first-order valence-electron chi connectivity index (χ1n) is 6.44. The van der Waals surface area contributed by atoms with Gasteiger partial charge in [0.15, 0.2) is 9.84 Å². The maximum Gasteiger partial charge on any atom is 0.319 e. The van der Waals surface area contributed by atoms with Gasteiger partial charge in [0, 0.05) is 12.3 Å². The maximum absolute atomic E-state index is 11.9. The number of halogens is 1. The van der Waals surface area contributed by atoms with Gasteiger partial charge in [0.25, 0.3) is 0 Å². The molecule has 0 heterocycles. The Bertz CT molecular complexity index is 610. The molecular weight excluding hydrogens is 300 g/mol. The Labute approximate surface area is 123 Å². The highest BCUT2D eigenvalue weighted by Gasteiger charge is 2.21. The number of nitrogens with one attached hydrogen (secondary N) is 2. The molecule has 0 aromatic heterocycles. The lowest BCUT2D eigenvalue weighted by molar-refractivity contribution is 0.248. The zero-order valence-electron chi connectivity index (χ0n) is 11.1. The van der Waals surface area contributed by atoms with Crippen LogP contribution in [0.15, 0.2) is 23.1 Å². The van der Waals surface area contributed by atoms with Crippen LogP contribution in [0.1, 0.15) is 25.7 Å². The summed E-state index contributed by atoms with van der Waals surface area (Å²) in [5, 5.41) is 5.51. The fourth-order valence-electron chi connectivity index (χ4n) is 2.40. The molecule has 1 aromatic carbocycles. The average Bonchev–Trinajstić information content (AvgIpc) is 2.79. The van der Waals surface area contributed by atoms with E-state index in [9.17, 15) is 13.2 Å². The fraction of sp³-hybridized carbons (Fsp3) is 0.462. The van der Waals surface area contributed by atoms with E-state index < -0.39 is 15.9 Å². The zero-order valence-corrected chi connectivity index (χ0v) is 12.7. The normalized spacial score (nSPS) is 16.1. The van der Waals surface area contributed by atoms with Crippen molar-refractivity contribution in [2.45, 2.75) is 36.6 Å². The van der Waals surface area contributed by atoms with Gasteiger partial charge >= 0.3 is 6.03 Å². The summed E-state index contributed by atoms with van der Waals surface area (Å²) >= 11 is 5.92. The molecule has 0 atom stereocenters. The molecule has 2 N–H and O–H groups in total. The number of benzene rings is 1. The highest BCUT2D eigenvalue weighted by Crippen LogP contribution is 2.29. The van der Waals surface area contributed by atoms with E-state index in [1.54, 1.807) is 6.07 Å². The molecule has 2 rings (SSSR count). The summed E-state index contributed by atoms with van der Waals surface area (Å²) in [5.41, 5.74) is 0.204. The Hall–Kier alpha value is -1.27. The van der Waals surface area contributed by atoms with Crippen LogP contribution in [-0.4, -0.2) is 26.7 Å². The van der Waals surface area contributed by atoms with Gasteiger partial charge in [0.2, 0.25) is 0 Å². The van der Waals surface area contributed by atoms with Crippen molar-refractivity contribution in [2.75, 3.05) is 11.6 Å². The highest BCUT2D eigenvalue weighted by atomic mass is 35.5. The van der Waals surface area contributed by atoms with Gasteiger partial charge in [0.1, 0.15) is 4.90 Å². The number of urea groups is 1. The van der Waals surface area contributed by atoms with Crippen LogP contribution >= 0.6 is 11.6 Å². The average molecular weight is 317 g/mol. The Morgan fingerprint density at radius 2 is 1.95 bits per heavy atom. The van der Waals surface area contributed by atoms with E-state index in [1.165, 1.54) is 12.1 Å². The lowest BCUT2D eigenvalue weighted by atomic mass is 10.2. The van der Waals surface area contributed by atoms with Gasteiger partial charge in [-0.15, -0.1) is 0 Å². The molecule has 0 bridgehead atoms. The standard InChI is InChI=1S/C13H17ClN2O3S/c1-20(18,19)12-10(14)7-4-8-11(12)16-13(17)15-9-5-2-3-6-9/h4,7-9H,2-3,5-6H2,1H3,(H2,15,16,17). The van der Waals surface area contributed by atoms with Crippen LogP contribution in [0.2, 0.25) is 5.02 Å². The molecule has 0 saturated heterocycles. The Balaban J connectivity index is 2.16. The lowest BCUT2D eigenvalue weighted by Gasteiger charge is -2.15. The third-order valence-corrected chi connectivity index (χ3v) is 4.88. The number of rotatable bonds is 3. The molecule has 0 aliphatic heterocycles. The zero-order chi connectivity index (χ0) is 14.8. The summed E-state index contributed by atoms with van der Waals surface area (Å²) < 4.78 is 23.5. The van der Waals surface area contributed by atoms with Crippen molar-refractivity contribution in [3.05, 3.63) is 23.2 Å². The van der Waals surface area contributed by atoms with Crippen LogP contribution in [0, 0.1) is 0 Å². The van der Waals surface area contributed by atoms with E-state index in [0.717, 1.165) is 31.9 Å². The number of hydrogen-bond acceptors (Lipinski definition) is 3. The molecule has 2 amide bonds. The lowest BCUT2D eigenvalue weighted by Crippen LogP contribution is -2.36. The van der Waals surface area contributed by atoms with Gasteiger partial charge in [-0.05, 0) is 25.0 Å². The minimum Gasteiger partial charge on any atom is -0.335 e. The van der Waals surface area contributed by atoms with Gasteiger partial charge in [-0.25, -0.2) is 13.2 Å². The van der Waals surface area contributed by atoms with Crippen LogP contribution in [0.4, 0.5) is 10.5 Å². The third kappa shape index (κ3) is 3.64. The molecule has 1 aliphatic rings. The Morgan fingerprint density at radius 3 is 2.55 bits per heavy atom. The van der Waals surface area contributed by atoms with Crippen LogP contribution in [0.3, 0.4) is 0 Å². The smallest absolute Gasteiger partial charge is 0.319 e. The van der Waals surface area contributed by atoms with Gasteiger partial charge < -0.3 is 10.6 Å². The topological polar surface area (TPSA) is 75.3 Å². The van der Waals surface area contributed by atoms with E-state index in [2.05, 4.69) is 10.6 Å². The van der Waals surface area contributed by atoms with E-state index >= 15 is 0 Å². The second kappa shape index (κ2) is 6.01. The van der Waals surface area contributed by atoms with E-state index in [-0.39, 0.29) is 21.6 Å². The van der Waals surface area contributed by atoms with Gasteiger partial charge in [-0.3, -0.25) is 0 Å². The van der Waals surface area contributed by atoms with Crippen molar-refractivity contribution in [1.29, 1.82) is 0 Å². The minimum atomic E-state index is -3.51. The number of carbonyl (C=O) groups excluding carboxylic acids is 1. The number of sulfone groups is 1. The van der Waals surface area contributed by atoms with Crippen LogP contribution in [0.5, 0.6) is 0 Å². The molecular formula is C13H17ClN2O3S. The van der Waals surface area contributed by atoms with Crippen molar-refractivity contribution < 1.29 is 13.2 Å². The fourth-order valence-corrected chi connectivity index (χ4v) is 3.93. The second-order valence-corrected chi connectivity index (χ2v) is 7.33. The molecule has 0 unspecified atom stereocenters. The summed E-state index contributed by atoms with van der Waals surface area (Å²) in [5.74, 6) is 0. The van der Waals surface area contributed by atoms with Crippen molar-refractivity contribution in [1.82, 2.24) is 5.32 Å². The SMILES string of the molecule is CS(=O)(=O)c1c(Cl)cccc1NC(=O)NC1CCCC1. The monoisotopic (exact) mass is 316 g/mol.